The summed E-state index contributed by atoms with van der Waals surface area (Å²) in [6.45, 7) is 1.84. The van der Waals surface area contributed by atoms with E-state index in [0.717, 1.165) is 5.39 Å². The van der Waals surface area contributed by atoms with Crippen LogP contribution < -0.4 is 0 Å². The van der Waals surface area contributed by atoms with Crippen LogP contribution in [0.2, 0.25) is 0 Å². The van der Waals surface area contributed by atoms with E-state index in [1.54, 1.807) is 6.07 Å². The van der Waals surface area contributed by atoms with Crippen molar-refractivity contribution in [3.8, 4) is 0 Å². The molecule has 2 atom stereocenters. The van der Waals surface area contributed by atoms with Crippen molar-refractivity contribution in [3.05, 3.63) is 63.3 Å². The predicted molar refractivity (Wildman–Crippen MR) is 111 cm³/mol. The second kappa shape index (κ2) is 8.32. The van der Waals surface area contributed by atoms with Crippen LogP contribution in [-0.2, 0) is 9.59 Å². The first-order chi connectivity index (χ1) is 12.9. The number of alkyl halides is 2. The minimum atomic E-state index is -1.08. The SMILES string of the molecule is CCC(Cl)/C(Cl)=C(/Cl)C1=C(CCl)C(=O)C(c2ccc3ccccc3n2)C1=O. The highest BCUT2D eigenvalue weighted by Gasteiger charge is 2.44. The van der Waals surface area contributed by atoms with Gasteiger partial charge in [-0.15, -0.1) is 23.2 Å². The van der Waals surface area contributed by atoms with Crippen molar-refractivity contribution in [2.24, 2.45) is 0 Å². The van der Waals surface area contributed by atoms with E-state index in [1.807, 2.05) is 37.3 Å². The number of allylic oxidation sites excluding steroid dienone is 4. The molecule has 1 aromatic heterocycles. The van der Waals surface area contributed by atoms with Gasteiger partial charge in [-0.05, 0) is 18.6 Å². The second-order valence-electron chi connectivity index (χ2n) is 6.12. The Hall–Kier alpha value is -1.39. The number of fused-ring (bicyclic) bond motifs is 1. The summed E-state index contributed by atoms with van der Waals surface area (Å²) in [6, 6.07) is 11.0. The van der Waals surface area contributed by atoms with E-state index >= 15 is 0 Å². The van der Waals surface area contributed by atoms with E-state index in [-0.39, 0.29) is 27.1 Å². The molecule has 3 rings (SSSR count). The van der Waals surface area contributed by atoms with Gasteiger partial charge in [0.15, 0.2) is 11.6 Å². The van der Waals surface area contributed by atoms with E-state index in [1.165, 1.54) is 0 Å². The summed E-state index contributed by atoms with van der Waals surface area (Å²) in [4.78, 5) is 30.5. The molecular formula is C20H15Cl4NO2. The Labute approximate surface area is 176 Å². The molecule has 3 nitrogen and oxygen atoms in total. The maximum Gasteiger partial charge on any atom is 0.181 e. The van der Waals surface area contributed by atoms with Crippen LogP contribution in [0.3, 0.4) is 0 Å². The number of nitrogens with zero attached hydrogens (tertiary/aromatic N) is 1. The van der Waals surface area contributed by atoms with Crippen molar-refractivity contribution in [3.63, 3.8) is 0 Å². The van der Waals surface area contributed by atoms with Crippen LogP contribution in [0.1, 0.15) is 25.0 Å². The van der Waals surface area contributed by atoms with Crippen LogP contribution in [0, 0.1) is 0 Å². The van der Waals surface area contributed by atoms with E-state index < -0.39 is 22.9 Å². The Kier molecular flexibility index (Phi) is 6.27. The molecule has 0 radical (unpaired) electrons. The summed E-state index contributed by atoms with van der Waals surface area (Å²) < 4.78 is 0. The van der Waals surface area contributed by atoms with Crippen LogP contribution in [0.15, 0.2) is 57.6 Å². The molecule has 0 bridgehead atoms. The summed E-state index contributed by atoms with van der Waals surface area (Å²) in [6.07, 6.45) is 0.526. The average Bonchev–Trinajstić information content (AvgIpc) is 2.95. The normalized spacial score (nSPS) is 19.7. The van der Waals surface area contributed by atoms with E-state index in [0.29, 0.717) is 17.6 Å². The van der Waals surface area contributed by atoms with Gasteiger partial charge in [0.05, 0.1) is 32.5 Å². The molecule has 7 heteroatoms. The fourth-order valence-corrected chi connectivity index (χ4v) is 4.05. The quantitative estimate of drug-likeness (QED) is 0.439. The molecule has 0 spiro atoms. The number of ketones is 2. The van der Waals surface area contributed by atoms with E-state index in [2.05, 4.69) is 4.98 Å². The number of para-hydroxylation sites is 1. The van der Waals surface area contributed by atoms with Crippen LogP contribution in [0.5, 0.6) is 0 Å². The number of hydrogen-bond acceptors (Lipinski definition) is 3. The lowest BCUT2D eigenvalue weighted by Crippen LogP contribution is -2.17. The molecule has 1 heterocycles. The highest BCUT2D eigenvalue weighted by Crippen LogP contribution is 2.40. The van der Waals surface area contributed by atoms with Crippen molar-refractivity contribution >= 4 is 68.9 Å². The van der Waals surface area contributed by atoms with Crippen molar-refractivity contribution < 1.29 is 9.59 Å². The molecule has 0 saturated heterocycles. The third-order valence-corrected chi connectivity index (χ3v) is 6.33. The van der Waals surface area contributed by atoms with E-state index in [4.69, 9.17) is 46.4 Å². The van der Waals surface area contributed by atoms with Gasteiger partial charge >= 0.3 is 0 Å². The summed E-state index contributed by atoms with van der Waals surface area (Å²) >= 11 is 24.7. The summed E-state index contributed by atoms with van der Waals surface area (Å²) in [7, 11) is 0. The number of halogens is 4. The number of aromatic nitrogens is 1. The van der Waals surface area contributed by atoms with Gasteiger partial charge in [0.25, 0.3) is 0 Å². The Morgan fingerprint density at radius 1 is 1.11 bits per heavy atom. The van der Waals surface area contributed by atoms with Crippen LogP contribution in [0.25, 0.3) is 10.9 Å². The van der Waals surface area contributed by atoms with Gasteiger partial charge < -0.3 is 0 Å². The van der Waals surface area contributed by atoms with Crippen LogP contribution in [0.4, 0.5) is 0 Å². The lowest BCUT2D eigenvalue weighted by Gasteiger charge is -2.11. The molecule has 0 amide bonds. The molecule has 0 aliphatic heterocycles. The number of rotatable bonds is 5. The first-order valence-corrected chi connectivity index (χ1v) is 10.1. The van der Waals surface area contributed by atoms with Gasteiger partial charge in [-0.3, -0.25) is 14.6 Å². The molecule has 1 aliphatic carbocycles. The molecule has 1 aliphatic rings. The molecule has 140 valence electrons. The number of hydrogen-bond donors (Lipinski definition) is 0. The van der Waals surface area contributed by atoms with Crippen LogP contribution >= 0.6 is 46.4 Å². The summed E-state index contributed by atoms with van der Waals surface area (Å²) in [5, 5.41) is 0.477. The van der Waals surface area contributed by atoms with Gasteiger partial charge in [0.1, 0.15) is 5.92 Å². The predicted octanol–water partition coefficient (Wildman–Crippen LogP) is 5.71. The Morgan fingerprint density at radius 3 is 2.48 bits per heavy atom. The zero-order valence-corrected chi connectivity index (χ0v) is 17.3. The van der Waals surface area contributed by atoms with Crippen LogP contribution in [-0.4, -0.2) is 27.8 Å². The zero-order valence-electron chi connectivity index (χ0n) is 14.3. The van der Waals surface area contributed by atoms with Gasteiger partial charge in [-0.25, -0.2) is 0 Å². The first-order valence-electron chi connectivity index (χ1n) is 8.33. The van der Waals surface area contributed by atoms with Gasteiger partial charge in [-0.2, -0.15) is 0 Å². The van der Waals surface area contributed by atoms with Gasteiger partial charge in [-0.1, -0.05) is 54.4 Å². The van der Waals surface area contributed by atoms with Gasteiger partial charge in [0.2, 0.25) is 0 Å². The lowest BCUT2D eigenvalue weighted by molar-refractivity contribution is -0.123. The molecule has 2 unspecified atom stereocenters. The van der Waals surface area contributed by atoms with E-state index in [9.17, 15) is 9.59 Å². The average molecular weight is 443 g/mol. The maximum atomic E-state index is 13.1. The topological polar surface area (TPSA) is 47.0 Å². The number of Topliss-reactive ketones (excluding diaryl/α,β-unsaturated/α-hetero) is 2. The minimum Gasteiger partial charge on any atom is -0.293 e. The number of pyridine rings is 1. The summed E-state index contributed by atoms with van der Waals surface area (Å²) in [5.74, 6) is -2.09. The minimum absolute atomic E-state index is 0.0178. The van der Waals surface area contributed by atoms with Crippen molar-refractivity contribution in [1.29, 1.82) is 0 Å². The Balaban J connectivity index is 2.08. The fraction of sp³-hybridized carbons (Fsp3) is 0.250. The third-order valence-electron chi connectivity index (χ3n) is 4.48. The van der Waals surface area contributed by atoms with Gasteiger partial charge in [0, 0.05) is 16.5 Å². The maximum absolute atomic E-state index is 13.1. The highest BCUT2D eigenvalue weighted by molar-refractivity contribution is 6.48. The second-order valence-corrected chi connectivity index (χ2v) is 7.69. The number of carbonyl (C=O) groups excluding carboxylic acids is 2. The standard InChI is InChI=1S/C20H15Cl4NO2/c1-2-12(22)17(23)18(24)15-11(9-21)19(26)16(20(15)27)14-8-7-10-5-3-4-6-13(10)25-14/h3-8,12,16H,2,9H2,1H3/b18-17-. The molecular weight excluding hydrogens is 428 g/mol. The molecule has 0 N–H and O–H groups in total. The molecule has 0 saturated carbocycles. The van der Waals surface area contributed by atoms with Crippen molar-refractivity contribution in [2.45, 2.75) is 24.6 Å². The highest BCUT2D eigenvalue weighted by atomic mass is 35.5. The summed E-state index contributed by atoms with van der Waals surface area (Å²) in [5.41, 5.74) is 1.24. The van der Waals surface area contributed by atoms with Crippen molar-refractivity contribution in [2.75, 3.05) is 5.88 Å². The zero-order chi connectivity index (χ0) is 19.7. The molecule has 27 heavy (non-hydrogen) atoms. The first kappa shape index (κ1) is 20.3. The Morgan fingerprint density at radius 2 is 1.81 bits per heavy atom. The molecule has 2 aromatic rings. The number of benzene rings is 1. The third kappa shape index (κ3) is 3.66. The smallest absolute Gasteiger partial charge is 0.181 e. The van der Waals surface area contributed by atoms with Crippen molar-refractivity contribution in [1.82, 2.24) is 4.98 Å². The molecule has 0 fully saturated rings. The lowest BCUT2D eigenvalue weighted by atomic mass is 9.97. The largest absolute Gasteiger partial charge is 0.293 e. The molecule has 1 aromatic carbocycles. The fourth-order valence-electron chi connectivity index (χ4n) is 3.03. The Bertz CT molecular complexity index is 996. The monoisotopic (exact) mass is 441 g/mol. The number of carbonyl (C=O) groups is 2.